The van der Waals surface area contributed by atoms with Crippen LogP contribution in [0.5, 0.6) is 0 Å². The summed E-state index contributed by atoms with van der Waals surface area (Å²) in [5.74, 6) is -0.600. The third-order valence-corrected chi connectivity index (χ3v) is 4.35. The van der Waals surface area contributed by atoms with Gasteiger partial charge in [0, 0.05) is 10.6 Å². The van der Waals surface area contributed by atoms with Crippen LogP contribution in [0.1, 0.15) is 52.0 Å². The Balaban J connectivity index is 2.07. The summed E-state index contributed by atoms with van der Waals surface area (Å²) in [6.45, 7) is 5.42. The van der Waals surface area contributed by atoms with Gasteiger partial charge in [0.15, 0.2) is 6.61 Å². The first-order valence-corrected chi connectivity index (χ1v) is 8.35. The maximum Gasteiger partial charge on any atom is 0.317 e. The molecule has 1 aliphatic carbocycles. The van der Waals surface area contributed by atoms with Gasteiger partial charge in [-0.25, -0.2) is 0 Å². The number of rotatable bonds is 4. The minimum absolute atomic E-state index is 0.245. The third kappa shape index (κ3) is 4.47. The predicted octanol–water partition coefficient (Wildman–Crippen LogP) is 3.61. The Labute approximate surface area is 142 Å². The van der Waals surface area contributed by atoms with Crippen LogP contribution in [-0.2, 0) is 19.7 Å². The van der Waals surface area contributed by atoms with Crippen molar-refractivity contribution in [2.45, 2.75) is 57.4 Å². The minimum Gasteiger partial charge on any atom is -0.455 e. The van der Waals surface area contributed by atoms with Gasteiger partial charge in [0.25, 0.3) is 5.91 Å². The lowest BCUT2D eigenvalue weighted by atomic mass is 9.79. The Hall–Kier alpha value is -1.55. The lowest BCUT2D eigenvalue weighted by Crippen LogP contribution is -2.44. The highest BCUT2D eigenvalue weighted by molar-refractivity contribution is 6.30. The number of halogens is 1. The van der Waals surface area contributed by atoms with Crippen LogP contribution < -0.4 is 5.32 Å². The topological polar surface area (TPSA) is 55.4 Å². The van der Waals surface area contributed by atoms with Gasteiger partial charge in [-0.2, -0.15) is 0 Å². The maximum absolute atomic E-state index is 12.7. The highest BCUT2D eigenvalue weighted by atomic mass is 35.5. The van der Waals surface area contributed by atoms with E-state index in [2.05, 4.69) is 5.32 Å². The fourth-order valence-electron chi connectivity index (χ4n) is 3.08. The van der Waals surface area contributed by atoms with Crippen molar-refractivity contribution >= 4 is 23.5 Å². The van der Waals surface area contributed by atoms with E-state index in [1.165, 1.54) is 0 Å². The zero-order valence-corrected chi connectivity index (χ0v) is 14.7. The molecule has 0 bridgehead atoms. The Kier molecular flexibility index (Phi) is 5.35. The van der Waals surface area contributed by atoms with Crippen molar-refractivity contribution in [3.63, 3.8) is 0 Å². The number of hydrogen-bond donors (Lipinski definition) is 1. The molecule has 0 aliphatic heterocycles. The number of ether oxygens (including phenoxy) is 1. The molecule has 1 aliphatic rings. The Morgan fingerprint density at radius 2 is 1.74 bits per heavy atom. The highest BCUT2D eigenvalue weighted by Gasteiger charge is 2.44. The van der Waals surface area contributed by atoms with Crippen molar-refractivity contribution in [3.05, 3.63) is 34.9 Å². The molecule has 5 heteroatoms. The monoisotopic (exact) mass is 337 g/mol. The summed E-state index contributed by atoms with van der Waals surface area (Å²) in [5, 5.41) is 3.43. The van der Waals surface area contributed by atoms with Gasteiger partial charge in [-0.1, -0.05) is 36.6 Å². The number of nitrogens with one attached hydrogen (secondary N) is 1. The van der Waals surface area contributed by atoms with Gasteiger partial charge in [-0.15, -0.1) is 0 Å². The molecule has 1 saturated carbocycles. The fourth-order valence-corrected chi connectivity index (χ4v) is 3.21. The van der Waals surface area contributed by atoms with Gasteiger partial charge < -0.3 is 10.1 Å². The molecular weight excluding hydrogens is 314 g/mol. The largest absolute Gasteiger partial charge is 0.455 e. The molecule has 1 aromatic carbocycles. The molecule has 0 heterocycles. The van der Waals surface area contributed by atoms with Gasteiger partial charge in [-0.05, 0) is 51.3 Å². The molecule has 0 saturated heterocycles. The zero-order chi connectivity index (χ0) is 17.1. The highest BCUT2D eigenvalue weighted by Crippen LogP contribution is 2.42. The van der Waals surface area contributed by atoms with Crippen LogP contribution in [-0.4, -0.2) is 24.0 Å². The summed E-state index contributed by atoms with van der Waals surface area (Å²) in [5.41, 5.74) is -0.0715. The summed E-state index contributed by atoms with van der Waals surface area (Å²) in [6, 6.07) is 7.33. The van der Waals surface area contributed by atoms with E-state index >= 15 is 0 Å². The molecule has 4 nitrogen and oxygen atoms in total. The number of carbonyl (C=O) groups is 2. The molecule has 23 heavy (non-hydrogen) atoms. The average molecular weight is 338 g/mol. The van der Waals surface area contributed by atoms with E-state index in [0.717, 1.165) is 31.2 Å². The van der Waals surface area contributed by atoms with Crippen LogP contribution in [0.25, 0.3) is 0 Å². The van der Waals surface area contributed by atoms with Crippen LogP contribution in [0.3, 0.4) is 0 Å². The molecule has 0 unspecified atom stereocenters. The molecule has 0 atom stereocenters. The summed E-state index contributed by atoms with van der Waals surface area (Å²) >= 11 is 5.94. The SMILES string of the molecule is CC(C)(C)NC(=O)COC(=O)C1(c2ccc(Cl)cc2)CCCC1. The summed E-state index contributed by atoms with van der Waals surface area (Å²) < 4.78 is 5.34. The molecule has 1 N–H and O–H groups in total. The van der Waals surface area contributed by atoms with E-state index in [1.54, 1.807) is 12.1 Å². The maximum atomic E-state index is 12.7. The van der Waals surface area contributed by atoms with Crippen LogP contribution in [0.15, 0.2) is 24.3 Å². The normalized spacial score (nSPS) is 16.9. The van der Waals surface area contributed by atoms with Crippen molar-refractivity contribution < 1.29 is 14.3 Å². The first kappa shape index (κ1) is 17.8. The van der Waals surface area contributed by atoms with Crippen molar-refractivity contribution in [3.8, 4) is 0 Å². The lowest BCUT2D eigenvalue weighted by Gasteiger charge is -2.27. The molecule has 126 valence electrons. The predicted molar refractivity (Wildman–Crippen MR) is 90.5 cm³/mol. The second kappa shape index (κ2) is 6.91. The first-order chi connectivity index (χ1) is 10.7. The Morgan fingerprint density at radius 1 is 1.17 bits per heavy atom. The van der Waals surface area contributed by atoms with Crippen molar-refractivity contribution in [1.82, 2.24) is 5.32 Å². The second-order valence-electron chi connectivity index (χ2n) is 7.17. The van der Waals surface area contributed by atoms with Gasteiger partial charge in [0.05, 0.1) is 5.41 Å². The smallest absolute Gasteiger partial charge is 0.317 e. The van der Waals surface area contributed by atoms with Gasteiger partial charge in [0.1, 0.15) is 0 Å². The summed E-state index contributed by atoms with van der Waals surface area (Å²) in [6.07, 6.45) is 3.44. The van der Waals surface area contributed by atoms with Crippen LogP contribution >= 0.6 is 11.6 Å². The van der Waals surface area contributed by atoms with E-state index in [4.69, 9.17) is 16.3 Å². The number of esters is 1. The molecule has 0 spiro atoms. The minimum atomic E-state index is -0.646. The van der Waals surface area contributed by atoms with Gasteiger partial charge in [-0.3, -0.25) is 9.59 Å². The Morgan fingerprint density at radius 3 is 2.26 bits per heavy atom. The molecule has 1 fully saturated rings. The Bertz CT molecular complexity index is 569. The second-order valence-corrected chi connectivity index (χ2v) is 7.61. The molecular formula is C18H24ClNO3. The van der Waals surface area contributed by atoms with Crippen LogP contribution in [0.2, 0.25) is 5.02 Å². The summed E-state index contributed by atoms with van der Waals surface area (Å²) in [7, 11) is 0. The van der Waals surface area contributed by atoms with Crippen LogP contribution in [0.4, 0.5) is 0 Å². The molecule has 0 aromatic heterocycles. The van der Waals surface area contributed by atoms with Gasteiger partial charge >= 0.3 is 5.97 Å². The summed E-state index contributed by atoms with van der Waals surface area (Å²) in [4.78, 5) is 24.5. The van der Waals surface area contributed by atoms with Crippen molar-refractivity contribution in [2.24, 2.45) is 0 Å². The van der Waals surface area contributed by atoms with E-state index in [9.17, 15) is 9.59 Å². The molecule has 1 amide bonds. The van der Waals surface area contributed by atoms with Crippen molar-refractivity contribution in [1.29, 1.82) is 0 Å². The number of amides is 1. The average Bonchev–Trinajstić information content (AvgIpc) is 2.94. The third-order valence-electron chi connectivity index (χ3n) is 4.09. The van der Waals surface area contributed by atoms with E-state index in [0.29, 0.717) is 5.02 Å². The van der Waals surface area contributed by atoms with Crippen LogP contribution in [0, 0.1) is 0 Å². The molecule has 2 rings (SSSR count). The molecule has 1 aromatic rings. The quantitative estimate of drug-likeness (QED) is 0.854. The van der Waals surface area contributed by atoms with E-state index in [-0.39, 0.29) is 24.0 Å². The zero-order valence-electron chi connectivity index (χ0n) is 13.9. The standard InChI is InChI=1S/C18H24ClNO3/c1-17(2,3)20-15(21)12-23-16(22)18(10-4-5-11-18)13-6-8-14(19)9-7-13/h6-9H,4-5,10-12H2,1-3H3,(H,20,21). The number of hydrogen-bond acceptors (Lipinski definition) is 3. The van der Waals surface area contributed by atoms with Crippen molar-refractivity contribution in [2.75, 3.05) is 6.61 Å². The fraction of sp³-hybridized carbons (Fsp3) is 0.556. The van der Waals surface area contributed by atoms with E-state index in [1.807, 2.05) is 32.9 Å². The van der Waals surface area contributed by atoms with Gasteiger partial charge in [0.2, 0.25) is 0 Å². The number of carbonyl (C=O) groups excluding carboxylic acids is 2. The lowest BCUT2D eigenvalue weighted by molar-refractivity contribution is -0.154. The molecule has 0 radical (unpaired) electrons. The first-order valence-electron chi connectivity index (χ1n) is 7.97. The van der Waals surface area contributed by atoms with E-state index < -0.39 is 5.41 Å². The number of benzene rings is 1.